The third-order valence-electron chi connectivity index (χ3n) is 13.6. The summed E-state index contributed by atoms with van der Waals surface area (Å²) in [4.78, 5) is 32.2. The minimum Gasteiger partial charge on any atom is -0.496 e. The zero-order valence-corrected chi connectivity index (χ0v) is 42.6. The molecule has 0 unspecified atom stereocenters. The Morgan fingerprint density at radius 2 is 1.09 bits per heavy atom. The number of nitrogens with one attached hydrogen (secondary N) is 1. The number of aryl methyl sites for hydroxylation is 6. The zero-order chi connectivity index (χ0) is 52.8. The van der Waals surface area contributed by atoms with Crippen molar-refractivity contribution >= 4 is 65.7 Å². The Labute approximate surface area is 431 Å². The highest BCUT2D eigenvalue weighted by Crippen LogP contribution is 2.45. The van der Waals surface area contributed by atoms with Crippen molar-refractivity contribution in [1.82, 2.24) is 49.8 Å². The summed E-state index contributed by atoms with van der Waals surface area (Å²) >= 11 is 0. The van der Waals surface area contributed by atoms with Gasteiger partial charge in [0.25, 0.3) is 0 Å². The van der Waals surface area contributed by atoms with Gasteiger partial charge in [0.2, 0.25) is 0 Å². The predicted octanol–water partition coefficient (Wildman–Crippen LogP) is 13.9. The second-order valence-electron chi connectivity index (χ2n) is 18.2. The number of pyridine rings is 2. The Balaban J connectivity index is 0.000000157. The molecule has 75 heavy (non-hydrogen) atoms. The molecule has 0 aliphatic rings. The van der Waals surface area contributed by atoms with Crippen molar-refractivity contribution < 1.29 is 24.3 Å². The fourth-order valence-corrected chi connectivity index (χ4v) is 10.4. The SMILES string of the molecule is COc1cc2c(cc1-c1c(C)noc1C)[nH]c1nc(C)nc(-c3ccnc4ccccc34)c12.COc1cc2c3c(-c4ccnc5ccccc45)nc(C)nc3n(Cc3ccccc3)c2cc1-c1c(C)noc1C.[2H]CF. The second kappa shape index (κ2) is 19.6. The molecule has 5 aromatic carbocycles. The number of aromatic nitrogens is 10. The third-order valence-corrected chi connectivity index (χ3v) is 13.6. The molecule has 0 atom stereocenters. The van der Waals surface area contributed by atoms with E-state index in [4.69, 9.17) is 39.8 Å². The topological polar surface area (TPSA) is 169 Å². The highest BCUT2D eigenvalue weighted by Gasteiger charge is 2.26. The van der Waals surface area contributed by atoms with Gasteiger partial charge in [0.05, 0.1) is 84.0 Å². The number of hydrogen-bond acceptors (Lipinski definition) is 12. The number of nitrogens with zero attached hydrogens (tertiary/aromatic N) is 9. The van der Waals surface area contributed by atoms with Crippen molar-refractivity contribution in [2.24, 2.45) is 0 Å². The highest BCUT2D eigenvalue weighted by molar-refractivity contribution is 6.17. The average molecular weight is 996 g/mol. The van der Waals surface area contributed by atoms with Crippen molar-refractivity contribution in [2.45, 2.75) is 48.1 Å². The molecule has 0 saturated heterocycles. The fraction of sp³-hybridized carbons (Fsp3) is 0.167. The van der Waals surface area contributed by atoms with Crippen LogP contribution in [0.5, 0.6) is 11.5 Å². The number of benzene rings is 5. The maximum atomic E-state index is 9.96. The van der Waals surface area contributed by atoms with Gasteiger partial charge in [-0.25, -0.2) is 19.9 Å². The maximum absolute atomic E-state index is 9.96. The van der Waals surface area contributed by atoms with Crippen LogP contribution in [0.4, 0.5) is 4.39 Å². The van der Waals surface area contributed by atoms with Gasteiger partial charge in [-0.15, -0.1) is 0 Å². The molecule has 372 valence electrons. The lowest BCUT2D eigenvalue weighted by Crippen LogP contribution is -2.03. The molecule has 13 aromatic rings. The summed E-state index contributed by atoms with van der Waals surface area (Å²) in [7, 11) is 2.37. The number of para-hydroxylation sites is 2. The van der Waals surface area contributed by atoms with Crippen LogP contribution in [0.3, 0.4) is 0 Å². The largest absolute Gasteiger partial charge is 0.496 e. The molecule has 8 heterocycles. The number of rotatable bonds is 8. The molecule has 0 aliphatic heterocycles. The summed E-state index contributed by atoms with van der Waals surface area (Å²) < 4.78 is 40.5. The summed E-state index contributed by atoms with van der Waals surface area (Å²) in [5.41, 5.74) is 15.8. The monoisotopic (exact) mass is 995 g/mol. The van der Waals surface area contributed by atoms with E-state index in [1.807, 2.05) is 115 Å². The molecule has 1 N–H and O–H groups in total. The van der Waals surface area contributed by atoms with Crippen LogP contribution in [0.1, 0.15) is 41.5 Å². The first-order valence-corrected chi connectivity index (χ1v) is 24.2. The van der Waals surface area contributed by atoms with E-state index < -0.39 is 7.15 Å². The maximum Gasteiger partial charge on any atom is 0.145 e. The Morgan fingerprint density at radius 1 is 0.573 bits per heavy atom. The van der Waals surface area contributed by atoms with Gasteiger partial charge in [0, 0.05) is 68.3 Å². The predicted molar refractivity (Wildman–Crippen MR) is 293 cm³/mol. The molecule has 0 bridgehead atoms. The van der Waals surface area contributed by atoms with Crippen molar-refractivity contribution in [3.63, 3.8) is 0 Å². The van der Waals surface area contributed by atoms with Gasteiger partial charge >= 0.3 is 0 Å². The van der Waals surface area contributed by atoms with Crippen LogP contribution in [0.15, 0.2) is 137 Å². The molecule has 0 fully saturated rings. The smallest absolute Gasteiger partial charge is 0.145 e. The molecule has 0 saturated carbocycles. The van der Waals surface area contributed by atoms with E-state index in [2.05, 4.69) is 84.4 Å². The van der Waals surface area contributed by atoms with Gasteiger partial charge in [-0.1, -0.05) is 77.0 Å². The average Bonchev–Trinajstić information content (AvgIpc) is 4.16. The minimum atomic E-state index is -1.00. The van der Waals surface area contributed by atoms with E-state index in [1.54, 1.807) is 14.2 Å². The number of methoxy groups -OCH3 is 2. The zero-order valence-electron chi connectivity index (χ0n) is 43.6. The first-order valence-electron chi connectivity index (χ1n) is 24.9. The van der Waals surface area contributed by atoms with E-state index in [0.717, 1.165) is 145 Å². The van der Waals surface area contributed by atoms with Crippen LogP contribution in [0, 0.1) is 41.5 Å². The first-order chi connectivity index (χ1) is 37.0. The number of halogens is 1. The molecule has 14 nitrogen and oxygen atoms in total. The molecule has 15 heteroatoms. The quantitative estimate of drug-likeness (QED) is 0.153. The lowest BCUT2D eigenvalue weighted by molar-refractivity contribution is 0.393. The van der Waals surface area contributed by atoms with Crippen LogP contribution in [-0.4, -0.2) is 71.1 Å². The number of fused-ring (bicyclic) bond motifs is 8. The van der Waals surface area contributed by atoms with Crippen LogP contribution < -0.4 is 9.47 Å². The van der Waals surface area contributed by atoms with Crippen LogP contribution in [0.25, 0.3) is 110 Å². The Hall–Kier alpha value is -9.37. The molecule has 0 amide bonds. The number of ether oxygens (including phenoxy) is 2. The van der Waals surface area contributed by atoms with E-state index >= 15 is 0 Å². The molecular weight excluding hydrogens is 944 g/mol. The fourth-order valence-electron chi connectivity index (χ4n) is 10.4. The van der Waals surface area contributed by atoms with Crippen LogP contribution >= 0.6 is 0 Å². The van der Waals surface area contributed by atoms with Crippen molar-refractivity contribution in [1.29, 1.82) is 0 Å². The number of aromatic amines is 1. The molecule has 13 rings (SSSR count). The summed E-state index contributed by atoms with van der Waals surface area (Å²) in [6.07, 6.45) is 3.67. The Morgan fingerprint density at radius 3 is 1.65 bits per heavy atom. The van der Waals surface area contributed by atoms with Gasteiger partial charge in [-0.3, -0.25) is 14.4 Å². The van der Waals surface area contributed by atoms with Gasteiger partial charge in [0.1, 0.15) is 46.0 Å². The van der Waals surface area contributed by atoms with E-state index in [0.29, 0.717) is 18.2 Å². The first kappa shape index (κ1) is 46.7. The summed E-state index contributed by atoms with van der Waals surface area (Å²) in [6, 6.07) is 39.2. The summed E-state index contributed by atoms with van der Waals surface area (Å²) in [5, 5.41) is 14.4. The van der Waals surface area contributed by atoms with Crippen molar-refractivity contribution in [3.05, 3.63) is 168 Å². The Kier molecular flexibility index (Phi) is 12.2. The van der Waals surface area contributed by atoms with E-state index in [1.165, 1.54) is 5.56 Å². The minimum absolute atomic E-state index is 0.654. The lowest BCUT2D eigenvalue weighted by atomic mass is 9.99. The lowest BCUT2D eigenvalue weighted by Gasteiger charge is -2.11. The standard InChI is InChI=1S/C33H27N5O2.C26H21N5O2.CH3F/c1-19-30(20(2)40-37-19)26-16-28-25(17-29(26)39-4)31-32(24-14-15-34-27-13-9-8-12-23(24)27)35-21(3)36-33(31)38(28)18-22-10-6-5-7-11-22;1-13-23(14(2)33-31-13)19-11-21-18(12-22(19)32-4)24-25(28-15(3)29-26(24)30-21)17-9-10-27-20-8-6-5-7-16(17)20;1-2/h5-17H,18H2,1-4H3;5-12H,1-4H3,(H,28,29,30);1H3/i;;1D. The summed E-state index contributed by atoms with van der Waals surface area (Å²) in [6.45, 7) is 12.2. The molecular formula is C60H51FN10O4. The Bertz CT molecular complexity index is 4290. The van der Waals surface area contributed by atoms with Gasteiger partial charge < -0.3 is 28.1 Å². The van der Waals surface area contributed by atoms with E-state index in [-0.39, 0.29) is 0 Å². The van der Waals surface area contributed by atoms with Gasteiger partial charge in [0.15, 0.2) is 0 Å². The number of hydrogen-bond donors (Lipinski definition) is 1. The van der Waals surface area contributed by atoms with Crippen molar-refractivity contribution in [2.75, 3.05) is 21.4 Å². The molecule has 0 spiro atoms. The van der Waals surface area contributed by atoms with E-state index in [9.17, 15) is 4.39 Å². The third kappa shape index (κ3) is 8.31. The molecule has 0 radical (unpaired) electrons. The summed E-state index contributed by atoms with van der Waals surface area (Å²) in [5.74, 6) is 4.39. The normalized spacial score (nSPS) is 11.6. The van der Waals surface area contributed by atoms with Crippen molar-refractivity contribution in [3.8, 4) is 56.3 Å². The van der Waals surface area contributed by atoms with Crippen LogP contribution in [-0.2, 0) is 6.54 Å². The van der Waals surface area contributed by atoms with Gasteiger partial charge in [-0.2, -0.15) is 0 Å². The van der Waals surface area contributed by atoms with Gasteiger partial charge in [-0.05, 0) is 95.6 Å². The molecule has 0 aliphatic carbocycles. The molecule has 8 aromatic heterocycles. The van der Waals surface area contributed by atoms with Crippen LogP contribution in [0.2, 0.25) is 0 Å². The second-order valence-corrected chi connectivity index (χ2v) is 18.2. The number of H-pyrrole nitrogens is 1. The number of alkyl halides is 1. The highest BCUT2D eigenvalue weighted by atomic mass is 19.1.